The number of non-ortho nitro benzene ring substituents is 1. The van der Waals surface area contributed by atoms with Gasteiger partial charge in [0.05, 0.1) is 4.92 Å². The lowest BCUT2D eigenvalue weighted by Crippen LogP contribution is -2.42. The smallest absolute Gasteiger partial charge is 0.269 e. The van der Waals surface area contributed by atoms with E-state index in [1.807, 2.05) is 13.8 Å². The number of rotatable bonds is 6. The Morgan fingerprint density at radius 3 is 2.46 bits per heavy atom. The number of nitro benzene ring substituents is 1. The topological polar surface area (TPSA) is 84.3 Å². The molecule has 0 radical (unpaired) electrons. The van der Waals surface area contributed by atoms with E-state index in [-0.39, 0.29) is 34.5 Å². The third-order valence-electron chi connectivity index (χ3n) is 4.57. The summed E-state index contributed by atoms with van der Waals surface area (Å²) < 4.78 is 0. The van der Waals surface area contributed by atoms with Gasteiger partial charge in [0.1, 0.15) is 0 Å². The Morgan fingerprint density at radius 1 is 1.21 bits per heavy atom. The van der Waals surface area contributed by atoms with Gasteiger partial charge in [-0.15, -0.1) is 0 Å². The molecule has 1 amide bonds. The van der Waals surface area contributed by atoms with E-state index in [0.29, 0.717) is 6.04 Å². The molecule has 6 heteroatoms. The van der Waals surface area contributed by atoms with Crippen molar-refractivity contribution in [1.29, 1.82) is 0 Å². The van der Waals surface area contributed by atoms with E-state index < -0.39 is 0 Å². The van der Waals surface area contributed by atoms with Gasteiger partial charge in [-0.2, -0.15) is 0 Å². The summed E-state index contributed by atoms with van der Waals surface area (Å²) in [5.74, 6) is 0.224. The normalized spacial score (nSPS) is 22.2. The second-order valence-electron chi connectivity index (χ2n) is 6.96. The second kappa shape index (κ2) is 8.24. The van der Waals surface area contributed by atoms with Crippen molar-refractivity contribution in [2.75, 3.05) is 0 Å². The highest BCUT2D eigenvalue weighted by molar-refractivity contribution is 5.79. The van der Waals surface area contributed by atoms with Crippen LogP contribution in [0.5, 0.6) is 0 Å². The van der Waals surface area contributed by atoms with Crippen molar-refractivity contribution < 1.29 is 9.72 Å². The standard InChI is InChI=1S/C18H27N3O3/c1-12(2)19-18(22)15-5-4-6-16(11-15)20-13(3)14-7-9-17(10-8-14)21(23)24/h7-10,12-13,15-16,20H,4-6,11H2,1-3H3,(H,19,22)/t13-,15+,16-/m0/s1. The van der Waals surface area contributed by atoms with Crippen molar-refractivity contribution in [2.24, 2.45) is 5.92 Å². The van der Waals surface area contributed by atoms with Crippen LogP contribution in [-0.2, 0) is 4.79 Å². The van der Waals surface area contributed by atoms with E-state index in [4.69, 9.17) is 0 Å². The number of carbonyl (C=O) groups excluding carboxylic acids is 1. The Kier molecular flexibility index (Phi) is 6.31. The van der Waals surface area contributed by atoms with Gasteiger partial charge < -0.3 is 10.6 Å². The number of amides is 1. The molecule has 0 aliphatic heterocycles. The molecule has 0 aromatic heterocycles. The Bertz CT molecular complexity index is 571. The van der Waals surface area contributed by atoms with E-state index in [0.717, 1.165) is 31.2 Å². The van der Waals surface area contributed by atoms with Crippen LogP contribution in [0.25, 0.3) is 0 Å². The highest BCUT2D eigenvalue weighted by atomic mass is 16.6. The van der Waals surface area contributed by atoms with Crippen molar-refractivity contribution in [2.45, 2.75) is 64.6 Å². The van der Waals surface area contributed by atoms with Crippen LogP contribution >= 0.6 is 0 Å². The predicted molar refractivity (Wildman–Crippen MR) is 93.7 cm³/mol. The van der Waals surface area contributed by atoms with E-state index in [9.17, 15) is 14.9 Å². The van der Waals surface area contributed by atoms with Crippen LogP contribution < -0.4 is 10.6 Å². The summed E-state index contributed by atoms with van der Waals surface area (Å²) in [5.41, 5.74) is 1.13. The lowest BCUT2D eigenvalue weighted by molar-refractivity contribution is -0.384. The molecule has 1 fully saturated rings. The number of hydrogen-bond donors (Lipinski definition) is 2. The van der Waals surface area contributed by atoms with Gasteiger partial charge in [0.25, 0.3) is 5.69 Å². The molecule has 2 N–H and O–H groups in total. The molecular formula is C18H27N3O3. The highest BCUT2D eigenvalue weighted by Gasteiger charge is 2.28. The summed E-state index contributed by atoms with van der Waals surface area (Å²) in [6, 6.07) is 7.23. The first-order valence-corrected chi connectivity index (χ1v) is 8.67. The van der Waals surface area contributed by atoms with Crippen LogP contribution in [0.1, 0.15) is 58.1 Å². The second-order valence-corrected chi connectivity index (χ2v) is 6.96. The molecule has 1 saturated carbocycles. The van der Waals surface area contributed by atoms with Gasteiger partial charge in [-0.3, -0.25) is 14.9 Å². The first-order chi connectivity index (χ1) is 11.4. The minimum Gasteiger partial charge on any atom is -0.354 e. The van der Waals surface area contributed by atoms with Crippen LogP contribution in [0.3, 0.4) is 0 Å². The first kappa shape index (κ1) is 18.4. The largest absolute Gasteiger partial charge is 0.354 e. The molecule has 1 aliphatic rings. The summed E-state index contributed by atoms with van der Waals surface area (Å²) >= 11 is 0. The Hall–Kier alpha value is -1.95. The van der Waals surface area contributed by atoms with Crippen molar-refractivity contribution in [3.05, 3.63) is 39.9 Å². The van der Waals surface area contributed by atoms with Gasteiger partial charge in [-0.1, -0.05) is 18.6 Å². The van der Waals surface area contributed by atoms with Crippen LogP contribution in [-0.4, -0.2) is 22.9 Å². The summed E-state index contributed by atoms with van der Waals surface area (Å²) in [6.45, 7) is 6.01. The molecule has 1 aromatic carbocycles. The number of hydrogen-bond acceptors (Lipinski definition) is 4. The molecule has 2 rings (SSSR count). The van der Waals surface area contributed by atoms with Crippen LogP contribution in [0, 0.1) is 16.0 Å². The van der Waals surface area contributed by atoms with E-state index in [2.05, 4.69) is 17.6 Å². The van der Waals surface area contributed by atoms with E-state index in [1.165, 1.54) is 12.1 Å². The monoisotopic (exact) mass is 333 g/mol. The van der Waals surface area contributed by atoms with Gasteiger partial charge in [0.2, 0.25) is 5.91 Å². The van der Waals surface area contributed by atoms with E-state index in [1.54, 1.807) is 12.1 Å². The molecule has 24 heavy (non-hydrogen) atoms. The van der Waals surface area contributed by atoms with E-state index >= 15 is 0 Å². The van der Waals surface area contributed by atoms with Crippen LogP contribution in [0.4, 0.5) is 5.69 Å². The molecule has 1 aliphatic carbocycles. The van der Waals surface area contributed by atoms with Gasteiger partial charge in [0.15, 0.2) is 0 Å². The van der Waals surface area contributed by atoms with Gasteiger partial charge in [-0.05, 0) is 45.6 Å². The molecule has 132 valence electrons. The fourth-order valence-corrected chi connectivity index (χ4v) is 3.32. The zero-order chi connectivity index (χ0) is 17.7. The fraction of sp³-hybridized carbons (Fsp3) is 0.611. The number of carbonyl (C=O) groups is 1. The molecule has 6 nitrogen and oxygen atoms in total. The minimum atomic E-state index is -0.388. The lowest BCUT2D eigenvalue weighted by Gasteiger charge is -2.31. The Labute approximate surface area is 143 Å². The van der Waals surface area contributed by atoms with Crippen molar-refractivity contribution in [3.8, 4) is 0 Å². The lowest BCUT2D eigenvalue weighted by atomic mass is 9.84. The number of nitro groups is 1. The number of benzene rings is 1. The maximum atomic E-state index is 12.2. The average molecular weight is 333 g/mol. The van der Waals surface area contributed by atoms with Crippen LogP contribution in [0.15, 0.2) is 24.3 Å². The fourth-order valence-electron chi connectivity index (χ4n) is 3.32. The zero-order valence-corrected chi connectivity index (χ0v) is 14.6. The zero-order valence-electron chi connectivity index (χ0n) is 14.6. The van der Waals surface area contributed by atoms with Gasteiger partial charge in [0, 0.05) is 36.2 Å². The van der Waals surface area contributed by atoms with Gasteiger partial charge in [-0.25, -0.2) is 0 Å². The minimum absolute atomic E-state index is 0.0720. The Balaban J connectivity index is 1.92. The summed E-state index contributed by atoms with van der Waals surface area (Å²) in [5, 5.41) is 17.3. The Morgan fingerprint density at radius 2 is 1.88 bits per heavy atom. The predicted octanol–water partition coefficient (Wildman–Crippen LogP) is 3.33. The van der Waals surface area contributed by atoms with Crippen LogP contribution in [0.2, 0.25) is 0 Å². The van der Waals surface area contributed by atoms with Gasteiger partial charge >= 0.3 is 0 Å². The SMILES string of the molecule is CC(C)NC(=O)[C@@H]1CCC[C@H](N[C@@H](C)c2ccc([N+](=O)[O-])cc2)C1. The number of nitrogens with zero attached hydrogens (tertiary/aromatic N) is 1. The molecule has 0 saturated heterocycles. The molecule has 1 aromatic rings. The third-order valence-corrected chi connectivity index (χ3v) is 4.57. The summed E-state index contributed by atoms with van der Waals surface area (Å²) in [7, 11) is 0. The summed E-state index contributed by atoms with van der Waals surface area (Å²) in [6.07, 6.45) is 3.89. The maximum absolute atomic E-state index is 12.2. The average Bonchev–Trinajstić information content (AvgIpc) is 2.54. The third kappa shape index (κ3) is 5.03. The first-order valence-electron chi connectivity index (χ1n) is 8.67. The highest BCUT2D eigenvalue weighted by Crippen LogP contribution is 2.27. The molecule has 0 heterocycles. The number of nitrogens with one attached hydrogen (secondary N) is 2. The van der Waals surface area contributed by atoms with Crippen molar-refractivity contribution in [3.63, 3.8) is 0 Å². The molecule has 0 unspecified atom stereocenters. The van der Waals surface area contributed by atoms with Crippen molar-refractivity contribution in [1.82, 2.24) is 10.6 Å². The molecule has 3 atom stereocenters. The van der Waals surface area contributed by atoms with Crippen molar-refractivity contribution >= 4 is 11.6 Å². The molecular weight excluding hydrogens is 306 g/mol. The molecule has 0 bridgehead atoms. The molecule has 0 spiro atoms. The summed E-state index contributed by atoms with van der Waals surface area (Å²) in [4.78, 5) is 22.5. The quantitative estimate of drug-likeness (QED) is 0.618. The maximum Gasteiger partial charge on any atom is 0.269 e.